The van der Waals surface area contributed by atoms with E-state index >= 15 is 0 Å². The Balaban J connectivity index is 2.12. The van der Waals surface area contributed by atoms with Crippen molar-refractivity contribution in [2.24, 2.45) is 0 Å². The monoisotopic (exact) mass is 277 g/mol. The lowest BCUT2D eigenvalue weighted by molar-refractivity contribution is -0.0190. The van der Waals surface area contributed by atoms with Crippen LogP contribution in [-0.4, -0.2) is 68.5 Å². The van der Waals surface area contributed by atoms with E-state index in [2.05, 4.69) is 5.32 Å². The normalized spacial score (nSPS) is 33.2. The van der Waals surface area contributed by atoms with Crippen molar-refractivity contribution in [2.45, 2.75) is 32.4 Å². The van der Waals surface area contributed by atoms with Gasteiger partial charge in [-0.2, -0.15) is 17.0 Å². The lowest BCUT2D eigenvalue weighted by Gasteiger charge is -2.38. The van der Waals surface area contributed by atoms with Crippen molar-refractivity contribution < 1.29 is 13.2 Å². The van der Waals surface area contributed by atoms with E-state index in [-0.39, 0.29) is 12.1 Å². The zero-order valence-corrected chi connectivity index (χ0v) is 11.9. The zero-order valence-electron chi connectivity index (χ0n) is 11.1. The molecule has 0 aromatic rings. The number of nitrogens with zero attached hydrogens (tertiary/aromatic N) is 2. The van der Waals surface area contributed by atoms with Crippen molar-refractivity contribution in [1.29, 1.82) is 0 Å². The van der Waals surface area contributed by atoms with E-state index in [0.717, 1.165) is 19.5 Å². The molecular weight excluding hydrogens is 254 g/mol. The van der Waals surface area contributed by atoms with Gasteiger partial charge in [0.25, 0.3) is 10.2 Å². The van der Waals surface area contributed by atoms with Crippen LogP contribution in [0.3, 0.4) is 0 Å². The van der Waals surface area contributed by atoms with Gasteiger partial charge in [0.05, 0.1) is 12.7 Å². The Morgan fingerprint density at radius 1 is 1.22 bits per heavy atom. The molecule has 6 nitrogen and oxygen atoms in total. The maximum absolute atomic E-state index is 12.6. The quantitative estimate of drug-likeness (QED) is 0.748. The van der Waals surface area contributed by atoms with Crippen LogP contribution in [0, 0.1) is 0 Å². The molecule has 0 aromatic carbocycles. The van der Waals surface area contributed by atoms with Gasteiger partial charge in [-0.15, -0.1) is 0 Å². The number of ether oxygens (including phenoxy) is 1. The predicted octanol–water partition coefficient (Wildman–Crippen LogP) is -0.364. The topological polar surface area (TPSA) is 61.9 Å². The first-order chi connectivity index (χ1) is 8.51. The summed E-state index contributed by atoms with van der Waals surface area (Å²) >= 11 is 0. The highest BCUT2D eigenvalue weighted by Crippen LogP contribution is 2.19. The molecule has 2 rings (SSSR count). The van der Waals surface area contributed by atoms with Crippen molar-refractivity contribution in [3.8, 4) is 0 Å². The first-order valence-corrected chi connectivity index (χ1v) is 8.01. The highest BCUT2D eigenvalue weighted by Gasteiger charge is 2.36. The fraction of sp³-hybridized carbons (Fsp3) is 1.00. The molecule has 0 spiro atoms. The molecule has 7 heteroatoms. The maximum Gasteiger partial charge on any atom is 0.282 e. The van der Waals surface area contributed by atoms with Crippen LogP contribution in [0.5, 0.6) is 0 Å². The number of rotatable bonds is 2. The number of morpholine rings is 1. The Labute approximate surface area is 109 Å². The largest absolute Gasteiger partial charge is 0.375 e. The second kappa shape index (κ2) is 5.83. The molecular formula is C11H23N3O3S. The van der Waals surface area contributed by atoms with Gasteiger partial charge in [0, 0.05) is 32.2 Å². The zero-order chi connectivity index (χ0) is 13.2. The number of hydrogen-bond acceptors (Lipinski definition) is 4. The smallest absolute Gasteiger partial charge is 0.282 e. The summed E-state index contributed by atoms with van der Waals surface area (Å²) in [6, 6.07) is -0.0811. The summed E-state index contributed by atoms with van der Waals surface area (Å²) in [5.74, 6) is 0. The third-order valence-electron chi connectivity index (χ3n) is 3.47. The van der Waals surface area contributed by atoms with E-state index in [0.29, 0.717) is 26.2 Å². The number of hydrogen-bond donors (Lipinski definition) is 1. The summed E-state index contributed by atoms with van der Waals surface area (Å²) in [7, 11) is -3.34. The minimum Gasteiger partial charge on any atom is -0.375 e. The first kappa shape index (κ1) is 14.2. The lowest BCUT2D eigenvalue weighted by atomic mass is 10.2. The van der Waals surface area contributed by atoms with E-state index in [1.165, 1.54) is 0 Å². The minimum absolute atomic E-state index is 0.0268. The van der Waals surface area contributed by atoms with Gasteiger partial charge in [-0.05, 0) is 26.8 Å². The molecule has 0 unspecified atom stereocenters. The summed E-state index contributed by atoms with van der Waals surface area (Å²) in [4.78, 5) is 0. The molecule has 2 fully saturated rings. The highest BCUT2D eigenvalue weighted by atomic mass is 32.2. The first-order valence-electron chi connectivity index (χ1n) is 6.61. The van der Waals surface area contributed by atoms with Crippen molar-refractivity contribution in [3.63, 3.8) is 0 Å². The van der Waals surface area contributed by atoms with Gasteiger partial charge in [0.15, 0.2) is 0 Å². The Hall–Kier alpha value is -0.210. The Bertz CT molecular complexity index is 366. The molecule has 2 aliphatic heterocycles. The van der Waals surface area contributed by atoms with Crippen LogP contribution in [0.2, 0.25) is 0 Å². The summed E-state index contributed by atoms with van der Waals surface area (Å²) in [5.41, 5.74) is 0. The van der Waals surface area contributed by atoms with Crippen LogP contribution in [0.15, 0.2) is 0 Å². The minimum atomic E-state index is -3.34. The molecule has 0 aliphatic carbocycles. The standard InChI is InChI=1S/C11H23N3O3S/c1-10-9-17-11(2)8-14(10)18(15,16)13-6-3-4-12-5-7-13/h10-12H,3-9H2,1-2H3/t10-,11-/m0/s1. The van der Waals surface area contributed by atoms with Crippen LogP contribution < -0.4 is 5.32 Å². The van der Waals surface area contributed by atoms with E-state index in [1.54, 1.807) is 8.61 Å². The van der Waals surface area contributed by atoms with Gasteiger partial charge in [-0.1, -0.05) is 0 Å². The molecule has 0 amide bonds. The van der Waals surface area contributed by atoms with Gasteiger partial charge in [-0.25, -0.2) is 0 Å². The van der Waals surface area contributed by atoms with Gasteiger partial charge in [-0.3, -0.25) is 0 Å². The summed E-state index contributed by atoms with van der Waals surface area (Å²) in [5, 5.41) is 3.22. The van der Waals surface area contributed by atoms with Gasteiger partial charge in [0.1, 0.15) is 0 Å². The van der Waals surface area contributed by atoms with Crippen molar-refractivity contribution in [3.05, 3.63) is 0 Å². The van der Waals surface area contributed by atoms with Crippen molar-refractivity contribution in [2.75, 3.05) is 39.3 Å². The highest BCUT2D eigenvalue weighted by molar-refractivity contribution is 7.86. The van der Waals surface area contributed by atoms with Crippen LogP contribution in [0.25, 0.3) is 0 Å². The summed E-state index contributed by atoms with van der Waals surface area (Å²) in [6.45, 7) is 7.53. The molecule has 2 saturated heterocycles. The lowest BCUT2D eigenvalue weighted by Crippen LogP contribution is -2.55. The molecule has 1 N–H and O–H groups in total. The van der Waals surface area contributed by atoms with Crippen molar-refractivity contribution >= 4 is 10.2 Å². The second-order valence-electron chi connectivity index (χ2n) is 5.07. The number of nitrogens with one attached hydrogen (secondary N) is 1. The summed E-state index contributed by atoms with van der Waals surface area (Å²) < 4.78 is 33.9. The molecule has 2 atom stereocenters. The van der Waals surface area contributed by atoms with Crippen LogP contribution >= 0.6 is 0 Å². The van der Waals surface area contributed by atoms with E-state index in [4.69, 9.17) is 4.74 Å². The van der Waals surface area contributed by atoms with E-state index < -0.39 is 10.2 Å². The van der Waals surface area contributed by atoms with E-state index in [9.17, 15) is 8.42 Å². The van der Waals surface area contributed by atoms with Crippen LogP contribution in [0.4, 0.5) is 0 Å². The average Bonchev–Trinajstić information content (AvgIpc) is 2.61. The summed E-state index contributed by atoms with van der Waals surface area (Å²) in [6.07, 6.45) is 0.842. The van der Waals surface area contributed by atoms with Crippen LogP contribution in [0.1, 0.15) is 20.3 Å². The molecule has 0 aromatic heterocycles. The van der Waals surface area contributed by atoms with Crippen LogP contribution in [-0.2, 0) is 14.9 Å². The second-order valence-corrected chi connectivity index (χ2v) is 6.95. The van der Waals surface area contributed by atoms with Gasteiger partial charge >= 0.3 is 0 Å². The molecule has 18 heavy (non-hydrogen) atoms. The molecule has 2 heterocycles. The fourth-order valence-corrected chi connectivity index (χ4v) is 4.29. The molecule has 0 bridgehead atoms. The average molecular weight is 277 g/mol. The van der Waals surface area contributed by atoms with Crippen molar-refractivity contribution in [1.82, 2.24) is 13.9 Å². The molecule has 0 radical (unpaired) electrons. The van der Waals surface area contributed by atoms with Gasteiger partial charge in [0.2, 0.25) is 0 Å². The molecule has 106 valence electrons. The maximum atomic E-state index is 12.6. The molecule has 0 saturated carbocycles. The Morgan fingerprint density at radius 3 is 2.78 bits per heavy atom. The fourth-order valence-electron chi connectivity index (χ4n) is 2.39. The third-order valence-corrected chi connectivity index (χ3v) is 5.59. The van der Waals surface area contributed by atoms with Gasteiger partial charge < -0.3 is 10.1 Å². The Kier molecular flexibility index (Phi) is 4.60. The third kappa shape index (κ3) is 3.03. The van der Waals surface area contributed by atoms with E-state index in [1.807, 2.05) is 13.8 Å². The molecule has 2 aliphatic rings. The Morgan fingerprint density at radius 2 is 2.00 bits per heavy atom. The predicted molar refractivity (Wildman–Crippen MR) is 69.6 cm³/mol. The SMILES string of the molecule is C[C@H]1CN(S(=O)(=O)N2CCCNCC2)[C@@H](C)CO1.